The van der Waals surface area contributed by atoms with Crippen molar-refractivity contribution in [3.63, 3.8) is 0 Å². The molecular formula is C21H16ClN7OS2. The molecule has 160 valence electrons. The van der Waals surface area contributed by atoms with Gasteiger partial charge in [-0.3, -0.25) is 9.36 Å². The number of nitriles is 1. The molecule has 1 aliphatic rings. The van der Waals surface area contributed by atoms with E-state index in [1.165, 1.54) is 17.7 Å². The van der Waals surface area contributed by atoms with E-state index in [-0.39, 0.29) is 23.0 Å². The van der Waals surface area contributed by atoms with Gasteiger partial charge in [-0.2, -0.15) is 5.26 Å². The number of nitrogens with two attached hydrogens (primary N) is 1. The number of aromatic nitrogens is 4. The van der Waals surface area contributed by atoms with E-state index >= 15 is 0 Å². The molecule has 4 heterocycles. The topological polar surface area (TPSA) is 114 Å². The zero-order chi connectivity index (χ0) is 22.4. The molecule has 8 nitrogen and oxygen atoms in total. The zero-order valence-corrected chi connectivity index (χ0v) is 19.2. The van der Waals surface area contributed by atoms with Crippen molar-refractivity contribution < 1.29 is 0 Å². The maximum Gasteiger partial charge on any atom is 0.268 e. The molecule has 2 N–H and O–H groups in total. The van der Waals surface area contributed by atoms with Gasteiger partial charge in [-0.25, -0.2) is 15.0 Å². The van der Waals surface area contributed by atoms with E-state index < -0.39 is 0 Å². The summed E-state index contributed by atoms with van der Waals surface area (Å²) in [6.07, 6.45) is 1.34. The Balaban J connectivity index is 1.78. The highest BCUT2D eigenvalue weighted by atomic mass is 35.5. The molecule has 1 fully saturated rings. The van der Waals surface area contributed by atoms with Crippen LogP contribution in [-0.4, -0.2) is 31.1 Å². The van der Waals surface area contributed by atoms with Crippen LogP contribution in [0.15, 0.2) is 41.5 Å². The third-order valence-corrected chi connectivity index (χ3v) is 7.55. The molecule has 32 heavy (non-hydrogen) atoms. The minimum Gasteiger partial charge on any atom is -0.382 e. The van der Waals surface area contributed by atoms with E-state index in [1.807, 2.05) is 24.0 Å². The highest BCUT2D eigenvalue weighted by Gasteiger charge is 2.34. The van der Waals surface area contributed by atoms with Crippen molar-refractivity contribution in [2.75, 3.05) is 22.3 Å². The molecule has 1 atom stereocenters. The predicted molar refractivity (Wildman–Crippen MR) is 129 cm³/mol. The maximum absolute atomic E-state index is 13.7. The summed E-state index contributed by atoms with van der Waals surface area (Å²) in [5.74, 6) is 2.36. The van der Waals surface area contributed by atoms with E-state index in [9.17, 15) is 10.1 Å². The van der Waals surface area contributed by atoms with E-state index in [0.717, 1.165) is 9.88 Å². The van der Waals surface area contributed by atoms with Gasteiger partial charge in [0.05, 0.1) is 27.8 Å². The van der Waals surface area contributed by atoms with Gasteiger partial charge < -0.3 is 10.6 Å². The third-order valence-electron chi connectivity index (χ3n) is 5.24. The monoisotopic (exact) mass is 481 g/mol. The fraction of sp³-hybridized carbons (Fsp3) is 0.190. The van der Waals surface area contributed by atoms with Crippen molar-refractivity contribution in [2.45, 2.75) is 13.0 Å². The number of anilines is 2. The second-order valence-electron chi connectivity index (χ2n) is 7.18. The van der Waals surface area contributed by atoms with Gasteiger partial charge in [-0.1, -0.05) is 17.7 Å². The molecule has 0 saturated carbocycles. The summed E-state index contributed by atoms with van der Waals surface area (Å²) < 4.78 is 1.63. The molecule has 0 unspecified atom stereocenters. The Labute approximate surface area is 196 Å². The van der Waals surface area contributed by atoms with Crippen LogP contribution in [0.1, 0.15) is 22.3 Å². The van der Waals surface area contributed by atoms with Crippen LogP contribution < -0.4 is 16.2 Å². The maximum atomic E-state index is 13.7. The molecule has 1 aliphatic heterocycles. The second-order valence-corrected chi connectivity index (χ2v) is 9.86. The fourth-order valence-electron chi connectivity index (χ4n) is 3.76. The Morgan fingerprint density at radius 1 is 1.28 bits per heavy atom. The van der Waals surface area contributed by atoms with Crippen LogP contribution in [-0.2, 0) is 0 Å². The number of hydrogen-bond acceptors (Lipinski definition) is 9. The Hall–Kier alpha value is -3.13. The van der Waals surface area contributed by atoms with Gasteiger partial charge in [0, 0.05) is 10.6 Å². The molecular weight excluding hydrogens is 466 g/mol. The van der Waals surface area contributed by atoms with Crippen LogP contribution in [0.3, 0.4) is 0 Å². The number of nitrogens with zero attached hydrogens (tertiary/aromatic N) is 6. The number of thiophene rings is 1. The number of rotatable bonds is 3. The van der Waals surface area contributed by atoms with Crippen molar-refractivity contribution >= 4 is 57.2 Å². The average molecular weight is 482 g/mol. The Kier molecular flexibility index (Phi) is 5.25. The van der Waals surface area contributed by atoms with Gasteiger partial charge in [-0.15, -0.1) is 23.1 Å². The third kappa shape index (κ3) is 3.30. The van der Waals surface area contributed by atoms with Crippen molar-refractivity contribution in [3.05, 3.63) is 68.3 Å². The molecule has 0 spiro atoms. The minimum atomic E-state index is -0.306. The lowest BCUT2D eigenvalue weighted by Gasteiger charge is -2.27. The highest BCUT2D eigenvalue weighted by Crippen LogP contribution is 2.39. The summed E-state index contributed by atoms with van der Waals surface area (Å²) in [4.78, 5) is 29.9. The molecule has 0 bridgehead atoms. The predicted octanol–water partition coefficient (Wildman–Crippen LogP) is 3.90. The number of thioether (sulfide) groups is 1. The summed E-state index contributed by atoms with van der Waals surface area (Å²) in [6, 6.07) is 10.9. The number of nitrogen functional groups attached to an aromatic ring is 1. The highest BCUT2D eigenvalue weighted by molar-refractivity contribution is 7.99. The number of fused-ring (bicyclic) bond motifs is 1. The molecule has 1 aromatic carbocycles. The summed E-state index contributed by atoms with van der Waals surface area (Å²) in [5, 5.41) is 11.1. The Bertz CT molecular complexity index is 1460. The lowest BCUT2D eigenvalue weighted by atomic mass is 10.2. The molecule has 0 amide bonds. The fourth-order valence-corrected chi connectivity index (χ4v) is 6.04. The lowest BCUT2D eigenvalue weighted by Crippen LogP contribution is -2.33. The first kappa shape index (κ1) is 20.8. The first-order valence-electron chi connectivity index (χ1n) is 9.62. The number of hydrogen-bond donors (Lipinski definition) is 1. The van der Waals surface area contributed by atoms with Gasteiger partial charge in [0.25, 0.3) is 5.56 Å². The van der Waals surface area contributed by atoms with Gasteiger partial charge in [0.15, 0.2) is 5.82 Å². The molecule has 1 saturated heterocycles. The Morgan fingerprint density at radius 3 is 2.88 bits per heavy atom. The molecule has 0 aliphatic carbocycles. The van der Waals surface area contributed by atoms with Crippen molar-refractivity contribution in [1.29, 1.82) is 5.26 Å². The molecule has 5 rings (SSSR count). The second kappa shape index (κ2) is 8.09. The van der Waals surface area contributed by atoms with E-state index in [2.05, 4.69) is 16.0 Å². The largest absolute Gasteiger partial charge is 0.382 e. The van der Waals surface area contributed by atoms with Gasteiger partial charge in [0.1, 0.15) is 34.6 Å². The first-order valence-corrected chi connectivity index (χ1v) is 12.0. The molecule has 11 heteroatoms. The Morgan fingerprint density at radius 2 is 2.12 bits per heavy atom. The van der Waals surface area contributed by atoms with Gasteiger partial charge >= 0.3 is 0 Å². The van der Waals surface area contributed by atoms with Crippen LogP contribution in [0.5, 0.6) is 0 Å². The van der Waals surface area contributed by atoms with Crippen LogP contribution in [0.2, 0.25) is 5.02 Å². The SMILES string of the molecule is Cc1ccc(-n2c([C@@H]3CSCN3c3ncnc(N)c3C#N)nc3cccc(Cl)c3c2=O)s1. The summed E-state index contributed by atoms with van der Waals surface area (Å²) in [6.45, 7) is 1.99. The van der Waals surface area contributed by atoms with E-state index in [1.54, 1.807) is 34.5 Å². The molecule has 0 radical (unpaired) electrons. The van der Waals surface area contributed by atoms with Crippen LogP contribution in [0.25, 0.3) is 15.9 Å². The summed E-state index contributed by atoms with van der Waals surface area (Å²) in [7, 11) is 0. The van der Waals surface area contributed by atoms with Crippen molar-refractivity contribution in [2.24, 2.45) is 0 Å². The number of halogens is 1. The van der Waals surface area contributed by atoms with Crippen LogP contribution in [0.4, 0.5) is 11.6 Å². The number of benzene rings is 1. The van der Waals surface area contributed by atoms with Crippen LogP contribution >= 0.6 is 34.7 Å². The smallest absolute Gasteiger partial charge is 0.268 e. The number of aryl methyl sites for hydroxylation is 1. The lowest BCUT2D eigenvalue weighted by molar-refractivity contribution is 0.669. The minimum absolute atomic E-state index is 0.123. The van der Waals surface area contributed by atoms with Crippen molar-refractivity contribution in [3.8, 4) is 11.1 Å². The summed E-state index contributed by atoms with van der Waals surface area (Å²) >= 11 is 9.56. The van der Waals surface area contributed by atoms with E-state index in [0.29, 0.717) is 39.2 Å². The average Bonchev–Trinajstić information content (AvgIpc) is 3.42. The molecule has 4 aromatic rings. The molecule has 3 aromatic heterocycles. The summed E-state index contributed by atoms with van der Waals surface area (Å²) in [5.41, 5.74) is 6.45. The van der Waals surface area contributed by atoms with Gasteiger partial charge in [-0.05, 0) is 31.2 Å². The normalized spacial score (nSPS) is 15.9. The van der Waals surface area contributed by atoms with E-state index in [4.69, 9.17) is 22.3 Å². The standard InChI is InChI=1S/C21H16ClN7OS2/c1-11-5-6-16(32-11)29-20(27-14-4-2-3-13(22)17(14)21(29)30)15-8-31-10-28(15)19-12(7-23)18(24)25-9-26-19/h2-6,9,15H,8,10H2,1H3,(H2,24,25,26)/t15-/m0/s1. The first-order chi connectivity index (χ1) is 15.5. The van der Waals surface area contributed by atoms with Gasteiger partial charge in [0.2, 0.25) is 0 Å². The quantitative estimate of drug-likeness (QED) is 0.468. The van der Waals surface area contributed by atoms with Crippen LogP contribution in [0, 0.1) is 18.3 Å². The van der Waals surface area contributed by atoms with Crippen molar-refractivity contribution in [1.82, 2.24) is 19.5 Å². The zero-order valence-electron chi connectivity index (χ0n) is 16.8.